The van der Waals surface area contributed by atoms with E-state index in [1.807, 2.05) is 42.5 Å². The van der Waals surface area contributed by atoms with E-state index in [1.54, 1.807) is 0 Å². The zero-order chi connectivity index (χ0) is 42.7. The van der Waals surface area contributed by atoms with Crippen molar-refractivity contribution in [2.45, 2.75) is 13.8 Å². The second kappa shape index (κ2) is 17.0. The number of allylic oxidation sites excluding steroid dienone is 4. The van der Waals surface area contributed by atoms with E-state index >= 15 is 0 Å². The summed E-state index contributed by atoms with van der Waals surface area (Å²) in [5, 5.41) is 2.46. The molecule has 0 radical (unpaired) electrons. The first-order valence-electron chi connectivity index (χ1n) is 21.3. The van der Waals surface area contributed by atoms with Gasteiger partial charge in [-0.1, -0.05) is 200 Å². The van der Waals surface area contributed by atoms with Crippen LogP contribution in [0.2, 0.25) is 0 Å². The minimum Gasteiger partial charge on any atom is -0.308 e. The molecule has 0 fully saturated rings. The lowest BCUT2D eigenvalue weighted by molar-refractivity contribution is 1.04. The lowest BCUT2D eigenvalue weighted by atomic mass is 9.92. The SMILES string of the molecule is C=C/C(=C\C=C\c1ccccc1)c1nc(-c2ccc(-c3ccccc3)cc2)nc(-c2cc(-c3ccccc3)c(-n3c4ccc(C)cc4c4cc(C)ccc43)c(-c3ccccc3)c2)n1. The summed E-state index contributed by atoms with van der Waals surface area (Å²) in [6.45, 7) is 8.55. The van der Waals surface area contributed by atoms with Crippen LogP contribution < -0.4 is 0 Å². The standard InChI is InChI=1S/C59H44N4/c1-4-43(27-17-20-42-18-9-5-10-19-42)57-60-58(48-32-30-45(31-33-48)44-21-11-6-12-22-44)62-59(61-57)49-38-50(46-23-13-7-14-24-46)56(51(39-49)47-25-15-8-16-26-47)63-54-34-28-40(2)36-52(54)53-37-41(3)29-35-55(53)63/h4-39H,1H2,2-3H3/b20-17+,43-27+. The summed E-state index contributed by atoms with van der Waals surface area (Å²) in [6, 6.07) is 68.5. The van der Waals surface area contributed by atoms with Gasteiger partial charge in [0.05, 0.1) is 16.7 Å². The van der Waals surface area contributed by atoms with Gasteiger partial charge in [0.15, 0.2) is 17.5 Å². The van der Waals surface area contributed by atoms with Crippen molar-refractivity contribution in [1.29, 1.82) is 0 Å². The molecule has 63 heavy (non-hydrogen) atoms. The highest BCUT2D eigenvalue weighted by Crippen LogP contribution is 2.44. The summed E-state index contributed by atoms with van der Waals surface area (Å²) in [6.07, 6.45) is 7.93. The second-order valence-corrected chi connectivity index (χ2v) is 15.9. The summed E-state index contributed by atoms with van der Waals surface area (Å²) >= 11 is 0. The van der Waals surface area contributed by atoms with Crippen LogP contribution in [-0.2, 0) is 0 Å². The van der Waals surface area contributed by atoms with Crippen molar-refractivity contribution in [3.63, 3.8) is 0 Å². The van der Waals surface area contributed by atoms with Crippen molar-refractivity contribution < 1.29 is 0 Å². The molecular weight excluding hydrogens is 765 g/mol. The molecule has 0 atom stereocenters. The predicted molar refractivity (Wildman–Crippen MR) is 264 cm³/mol. The molecule has 2 aromatic heterocycles. The highest BCUT2D eigenvalue weighted by molar-refractivity contribution is 6.11. The molecule has 8 aromatic carbocycles. The van der Waals surface area contributed by atoms with E-state index < -0.39 is 0 Å². The number of aryl methyl sites for hydroxylation is 2. The van der Waals surface area contributed by atoms with Crippen LogP contribution >= 0.6 is 0 Å². The Balaban J connectivity index is 1.24. The Morgan fingerprint density at radius 3 is 1.44 bits per heavy atom. The zero-order valence-electron chi connectivity index (χ0n) is 35.3. The van der Waals surface area contributed by atoms with Crippen LogP contribution in [-0.4, -0.2) is 19.5 Å². The molecule has 0 saturated carbocycles. The molecule has 0 spiro atoms. The number of rotatable bonds is 10. The van der Waals surface area contributed by atoms with E-state index in [4.69, 9.17) is 15.0 Å². The van der Waals surface area contributed by atoms with Crippen LogP contribution in [0, 0.1) is 13.8 Å². The molecule has 0 aliphatic carbocycles. The Morgan fingerprint density at radius 1 is 0.460 bits per heavy atom. The van der Waals surface area contributed by atoms with Gasteiger partial charge < -0.3 is 4.57 Å². The quantitative estimate of drug-likeness (QED) is 0.129. The summed E-state index contributed by atoms with van der Waals surface area (Å²) in [7, 11) is 0. The summed E-state index contributed by atoms with van der Waals surface area (Å²) < 4.78 is 2.45. The second-order valence-electron chi connectivity index (χ2n) is 15.9. The Bertz CT molecular complexity index is 3210. The number of fused-ring (bicyclic) bond motifs is 3. The van der Waals surface area contributed by atoms with Crippen molar-refractivity contribution in [2.24, 2.45) is 0 Å². The van der Waals surface area contributed by atoms with Crippen LogP contribution in [0.3, 0.4) is 0 Å². The largest absolute Gasteiger partial charge is 0.308 e. The summed E-state index contributed by atoms with van der Waals surface area (Å²) in [5.41, 5.74) is 16.1. The molecule has 0 aliphatic heterocycles. The Hall–Kier alpha value is -8.21. The molecule has 2 heterocycles. The molecule has 10 aromatic rings. The van der Waals surface area contributed by atoms with Gasteiger partial charge in [-0.05, 0) is 78.1 Å². The predicted octanol–water partition coefficient (Wildman–Crippen LogP) is 15.2. The molecule has 0 N–H and O–H groups in total. The van der Waals surface area contributed by atoms with Crippen molar-refractivity contribution in [2.75, 3.05) is 0 Å². The van der Waals surface area contributed by atoms with Crippen LogP contribution in [0.15, 0.2) is 219 Å². The van der Waals surface area contributed by atoms with E-state index in [1.165, 1.54) is 21.9 Å². The van der Waals surface area contributed by atoms with Crippen LogP contribution in [0.5, 0.6) is 0 Å². The van der Waals surface area contributed by atoms with Gasteiger partial charge >= 0.3 is 0 Å². The van der Waals surface area contributed by atoms with Crippen molar-refractivity contribution in [3.8, 4) is 61.8 Å². The number of benzene rings is 8. The first-order valence-corrected chi connectivity index (χ1v) is 21.3. The third kappa shape index (κ3) is 7.82. The Kier molecular flexibility index (Phi) is 10.5. The fraction of sp³-hybridized carbons (Fsp3) is 0.0339. The molecule has 0 aliphatic rings. The molecule has 4 heteroatoms. The van der Waals surface area contributed by atoms with Gasteiger partial charge in [-0.3, -0.25) is 0 Å². The van der Waals surface area contributed by atoms with Gasteiger partial charge in [-0.2, -0.15) is 0 Å². The lowest BCUT2D eigenvalue weighted by Gasteiger charge is -2.21. The fourth-order valence-electron chi connectivity index (χ4n) is 8.44. The van der Waals surface area contributed by atoms with E-state index in [0.29, 0.717) is 17.5 Å². The molecule has 4 nitrogen and oxygen atoms in total. The minimum atomic E-state index is 0.537. The first kappa shape index (κ1) is 39.0. The number of aromatic nitrogens is 4. The fourth-order valence-corrected chi connectivity index (χ4v) is 8.44. The molecule has 300 valence electrons. The maximum atomic E-state index is 5.29. The van der Waals surface area contributed by atoms with E-state index in [9.17, 15) is 0 Å². The maximum Gasteiger partial charge on any atom is 0.164 e. The smallest absolute Gasteiger partial charge is 0.164 e. The monoisotopic (exact) mass is 808 g/mol. The lowest BCUT2D eigenvalue weighted by Crippen LogP contribution is -2.05. The molecule has 0 unspecified atom stereocenters. The van der Waals surface area contributed by atoms with Gasteiger partial charge in [-0.15, -0.1) is 0 Å². The third-order valence-corrected chi connectivity index (χ3v) is 11.6. The maximum absolute atomic E-state index is 5.29. The van der Waals surface area contributed by atoms with Crippen LogP contribution in [0.4, 0.5) is 0 Å². The molecule has 0 bridgehead atoms. The van der Waals surface area contributed by atoms with Crippen LogP contribution in [0.25, 0.3) is 95.3 Å². The summed E-state index contributed by atoms with van der Waals surface area (Å²) in [4.78, 5) is 15.7. The number of hydrogen-bond donors (Lipinski definition) is 0. The topological polar surface area (TPSA) is 43.6 Å². The number of nitrogens with zero attached hydrogens (tertiary/aromatic N) is 4. The van der Waals surface area contributed by atoms with Crippen molar-refractivity contribution in [1.82, 2.24) is 19.5 Å². The van der Waals surface area contributed by atoms with Gasteiger partial charge in [0.25, 0.3) is 0 Å². The normalized spacial score (nSPS) is 11.7. The van der Waals surface area contributed by atoms with Gasteiger partial charge in [0, 0.05) is 38.6 Å². The number of hydrogen-bond acceptors (Lipinski definition) is 3. The summed E-state index contributed by atoms with van der Waals surface area (Å²) in [5.74, 6) is 1.68. The van der Waals surface area contributed by atoms with Gasteiger partial charge in [-0.25, -0.2) is 15.0 Å². The average Bonchev–Trinajstić information content (AvgIpc) is 3.65. The average molecular weight is 809 g/mol. The van der Waals surface area contributed by atoms with Crippen molar-refractivity contribution in [3.05, 3.63) is 241 Å². The zero-order valence-corrected chi connectivity index (χ0v) is 35.3. The Labute approximate surface area is 368 Å². The van der Waals surface area contributed by atoms with E-state index in [-0.39, 0.29) is 0 Å². The van der Waals surface area contributed by atoms with Crippen LogP contribution in [0.1, 0.15) is 22.5 Å². The highest BCUT2D eigenvalue weighted by Gasteiger charge is 2.23. The molecule has 0 saturated heterocycles. The van der Waals surface area contributed by atoms with E-state index in [2.05, 4.69) is 201 Å². The first-order chi connectivity index (χ1) is 31.0. The van der Waals surface area contributed by atoms with Crippen molar-refractivity contribution >= 4 is 33.5 Å². The molecule has 0 amide bonds. The Morgan fingerprint density at radius 2 is 0.921 bits per heavy atom. The van der Waals surface area contributed by atoms with E-state index in [0.717, 1.165) is 72.4 Å². The molecule has 10 rings (SSSR count). The third-order valence-electron chi connectivity index (χ3n) is 11.6. The highest BCUT2D eigenvalue weighted by atomic mass is 15.0. The van der Waals surface area contributed by atoms with Gasteiger partial charge in [0.1, 0.15) is 0 Å². The van der Waals surface area contributed by atoms with Gasteiger partial charge in [0.2, 0.25) is 0 Å². The molecular formula is C59H44N4. The minimum absolute atomic E-state index is 0.537.